The molecule has 4 rings (SSSR count). The minimum absolute atomic E-state index is 0. The van der Waals surface area contributed by atoms with Crippen molar-refractivity contribution < 1.29 is 13.2 Å². The summed E-state index contributed by atoms with van der Waals surface area (Å²) in [5, 5.41) is 7.42. The number of aromatic nitrogens is 3. The quantitative estimate of drug-likeness (QED) is 0.547. The van der Waals surface area contributed by atoms with Gasteiger partial charge in [0.25, 0.3) is 0 Å². The van der Waals surface area contributed by atoms with Crippen LogP contribution in [0.1, 0.15) is 23.4 Å². The Hall–Kier alpha value is -2.69. The fourth-order valence-electron chi connectivity index (χ4n) is 4.28. The van der Waals surface area contributed by atoms with Gasteiger partial charge in [0.05, 0.1) is 4.90 Å². The number of nitrogens with zero attached hydrogens (tertiary/aromatic N) is 5. The van der Waals surface area contributed by atoms with Crippen LogP contribution in [-0.4, -0.2) is 79.0 Å². The molecule has 0 bridgehead atoms. The lowest BCUT2D eigenvalue weighted by atomic mass is 10.1. The van der Waals surface area contributed by atoms with Crippen LogP contribution < -0.4 is 5.32 Å². The second-order valence-corrected chi connectivity index (χ2v) is 10.3. The fraction of sp³-hybridized carbons (Fsp3) is 0.435. The minimum atomic E-state index is -3.83. The van der Waals surface area contributed by atoms with Gasteiger partial charge in [0, 0.05) is 51.0 Å². The van der Waals surface area contributed by atoms with E-state index in [0.29, 0.717) is 18.5 Å². The molecule has 2 aromatic heterocycles. The lowest BCUT2D eigenvalue weighted by Gasteiger charge is -2.32. The third-order valence-corrected chi connectivity index (χ3v) is 8.09. The highest BCUT2D eigenvalue weighted by atomic mass is 35.5. The molecule has 34 heavy (non-hydrogen) atoms. The Morgan fingerprint density at radius 2 is 1.74 bits per heavy atom. The van der Waals surface area contributed by atoms with Crippen molar-refractivity contribution in [2.75, 3.05) is 45.6 Å². The number of nitrogens with one attached hydrogen (secondary N) is 1. The number of halogens is 1. The summed E-state index contributed by atoms with van der Waals surface area (Å²) in [6, 6.07) is 8.29. The number of hydrogen-bond donors (Lipinski definition) is 1. The summed E-state index contributed by atoms with van der Waals surface area (Å²) in [6.45, 7) is 7.01. The average Bonchev–Trinajstić information content (AvgIpc) is 3.19. The molecular formula is C23H31ClN6O3S. The van der Waals surface area contributed by atoms with Crippen LogP contribution >= 0.6 is 12.4 Å². The molecule has 184 valence electrons. The monoisotopic (exact) mass is 506 g/mol. The second-order valence-electron chi connectivity index (χ2n) is 8.42. The van der Waals surface area contributed by atoms with Gasteiger partial charge in [-0.2, -0.15) is 0 Å². The fourth-order valence-corrected chi connectivity index (χ4v) is 5.80. The van der Waals surface area contributed by atoms with E-state index < -0.39 is 9.84 Å². The Morgan fingerprint density at radius 1 is 1.09 bits per heavy atom. The zero-order valence-corrected chi connectivity index (χ0v) is 21.5. The largest absolute Gasteiger partial charge is 0.370 e. The first kappa shape index (κ1) is 25.9. The number of rotatable bonds is 6. The maximum Gasteiger partial charge on any atom is 0.222 e. The van der Waals surface area contributed by atoms with Crippen LogP contribution in [0.15, 0.2) is 40.1 Å². The predicted octanol–water partition coefficient (Wildman–Crippen LogP) is 2.35. The smallest absolute Gasteiger partial charge is 0.222 e. The molecule has 1 amide bonds. The standard InChI is InChI=1S/C23H30N6O3S.ClH/c1-16-19(10-11-20(30)28-14-12-27(4)13-15-28)17(2)29-23(25-16)21(22(24-3)26-29)33(31,32)18-8-6-5-7-9-18;/h5-9H,10-15H2,1-4H3,(H,24,26);1H. The van der Waals surface area contributed by atoms with E-state index in [2.05, 4.69) is 27.3 Å². The molecule has 1 fully saturated rings. The van der Waals surface area contributed by atoms with Gasteiger partial charge < -0.3 is 15.1 Å². The Bertz CT molecular complexity index is 1290. The van der Waals surface area contributed by atoms with E-state index in [4.69, 9.17) is 0 Å². The van der Waals surface area contributed by atoms with Crippen LogP contribution in [0.2, 0.25) is 0 Å². The molecule has 0 saturated carbocycles. The molecule has 0 aliphatic carbocycles. The molecule has 3 heterocycles. The van der Waals surface area contributed by atoms with Crippen molar-refractivity contribution in [3.8, 4) is 0 Å². The van der Waals surface area contributed by atoms with Crippen molar-refractivity contribution in [3.63, 3.8) is 0 Å². The van der Waals surface area contributed by atoms with Crippen molar-refractivity contribution in [1.82, 2.24) is 24.4 Å². The zero-order valence-electron chi connectivity index (χ0n) is 19.9. The second kappa shape index (κ2) is 10.3. The van der Waals surface area contributed by atoms with Gasteiger partial charge in [-0.15, -0.1) is 17.5 Å². The molecule has 9 nitrogen and oxygen atoms in total. The van der Waals surface area contributed by atoms with Gasteiger partial charge in [0.15, 0.2) is 16.4 Å². The third kappa shape index (κ3) is 4.75. The number of carbonyl (C=O) groups is 1. The van der Waals surface area contributed by atoms with Crippen molar-refractivity contribution in [3.05, 3.63) is 47.3 Å². The molecule has 1 N–H and O–H groups in total. The summed E-state index contributed by atoms with van der Waals surface area (Å²) in [5.41, 5.74) is 2.69. The number of hydrogen-bond acceptors (Lipinski definition) is 7. The van der Waals surface area contributed by atoms with Crippen molar-refractivity contribution >= 4 is 39.6 Å². The highest BCUT2D eigenvalue weighted by molar-refractivity contribution is 7.91. The number of aryl methyl sites for hydroxylation is 2. The normalized spacial score (nSPS) is 14.8. The molecule has 3 aromatic rings. The van der Waals surface area contributed by atoms with E-state index in [1.54, 1.807) is 41.9 Å². The molecule has 1 aliphatic rings. The van der Waals surface area contributed by atoms with E-state index in [1.807, 2.05) is 18.7 Å². The van der Waals surface area contributed by atoms with E-state index in [9.17, 15) is 13.2 Å². The zero-order chi connectivity index (χ0) is 23.8. The lowest BCUT2D eigenvalue weighted by molar-refractivity contribution is -0.132. The van der Waals surface area contributed by atoms with Crippen LogP contribution in [0.5, 0.6) is 0 Å². The first-order chi connectivity index (χ1) is 15.7. The molecule has 0 atom stereocenters. The van der Waals surface area contributed by atoms with Gasteiger partial charge in [-0.25, -0.2) is 17.9 Å². The number of anilines is 1. The Labute approximate surface area is 206 Å². The van der Waals surface area contributed by atoms with Gasteiger partial charge >= 0.3 is 0 Å². The number of likely N-dealkylation sites (N-methyl/N-ethyl adjacent to an activating group) is 1. The maximum atomic E-state index is 13.4. The van der Waals surface area contributed by atoms with E-state index in [1.165, 1.54) is 0 Å². The highest BCUT2D eigenvalue weighted by Crippen LogP contribution is 2.32. The summed E-state index contributed by atoms with van der Waals surface area (Å²) in [6.07, 6.45) is 0.912. The van der Waals surface area contributed by atoms with E-state index >= 15 is 0 Å². The average molecular weight is 507 g/mol. The summed E-state index contributed by atoms with van der Waals surface area (Å²) in [7, 11) is -0.126. The first-order valence-corrected chi connectivity index (χ1v) is 12.6. The molecular weight excluding hydrogens is 476 g/mol. The van der Waals surface area contributed by atoms with Crippen LogP contribution in [0, 0.1) is 13.8 Å². The number of piperazine rings is 1. The Kier molecular flexibility index (Phi) is 7.84. The molecule has 0 radical (unpaired) electrons. The molecule has 1 aliphatic heterocycles. The predicted molar refractivity (Wildman–Crippen MR) is 134 cm³/mol. The van der Waals surface area contributed by atoms with Gasteiger partial charge in [-0.3, -0.25) is 4.79 Å². The summed E-state index contributed by atoms with van der Waals surface area (Å²) >= 11 is 0. The number of amides is 1. The summed E-state index contributed by atoms with van der Waals surface area (Å²) < 4.78 is 28.4. The number of fused-ring (bicyclic) bond motifs is 1. The summed E-state index contributed by atoms with van der Waals surface area (Å²) in [4.78, 5) is 21.8. The summed E-state index contributed by atoms with van der Waals surface area (Å²) in [5.74, 6) is 0.380. The van der Waals surface area contributed by atoms with Gasteiger partial charge in [-0.1, -0.05) is 18.2 Å². The number of benzene rings is 1. The SMILES string of the molecule is CNc1nn2c(C)c(CCC(=O)N3CCN(C)CC3)c(C)nc2c1S(=O)(=O)c1ccccc1.Cl. The first-order valence-electron chi connectivity index (χ1n) is 11.1. The van der Waals surface area contributed by atoms with Gasteiger partial charge in [0.1, 0.15) is 0 Å². The molecule has 11 heteroatoms. The third-order valence-electron chi connectivity index (χ3n) is 6.29. The topological polar surface area (TPSA) is 99.9 Å². The van der Waals surface area contributed by atoms with Gasteiger partial charge in [-0.05, 0) is 45.0 Å². The van der Waals surface area contributed by atoms with Crippen molar-refractivity contribution in [1.29, 1.82) is 0 Å². The van der Waals surface area contributed by atoms with Crippen molar-refractivity contribution in [2.24, 2.45) is 0 Å². The van der Waals surface area contributed by atoms with E-state index in [0.717, 1.165) is 37.4 Å². The van der Waals surface area contributed by atoms with Crippen LogP contribution in [0.25, 0.3) is 5.65 Å². The Morgan fingerprint density at radius 3 is 2.35 bits per heavy atom. The Balaban J connectivity index is 0.00000324. The highest BCUT2D eigenvalue weighted by Gasteiger charge is 2.30. The molecule has 1 saturated heterocycles. The van der Waals surface area contributed by atoms with Crippen LogP contribution in [-0.2, 0) is 21.1 Å². The lowest BCUT2D eigenvalue weighted by Crippen LogP contribution is -2.47. The molecule has 0 spiro atoms. The van der Waals surface area contributed by atoms with Gasteiger partial charge in [0.2, 0.25) is 15.7 Å². The molecule has 0 unspecified atom stereocenters. The molecule has 1 aromatic carbocycles. The van der Waals surface area contributed by atoms with Crippen molar-refractivity contribution in [2.45, 2.75) is 36.5 Å². The van der Waals surface area contributed by atoms with E-state index in [-0.39, 0.29) is 39.6 Å². The minimum Gasteiger partial charge on any atom is -0.370 e. The van der Waals surface area contributed by atoms with Crippen LogP contribution in [0.3, 0.4) is 0 Å². The van der Waals surface area contributed by atoms with Crippen LogP contribution in [0.4, 0.5) is 5.82 Å². The number of sulfone groups is 1. The number of carbonyl (C=O) groups excluding carboxylic acids is 1. The maximum absolute atomic E-state index is 13.4.